The molecular weight excluding hydrogens is 282 g/mol. The zero-order valence-electron chi connectivity index (χ0n) is 11.9. The molecule has 0 radical (unpaired) electrons. The molecule has 0 aliphatic carbocycles. The Kier molecular flexibility index (Phi) is 4.71. The Balaban J connectivity index is 1.89. The molecule has 2 saturated heterocycles. The Labute approximate surface area is 120 Å². The fraction of sp³-hybridized carbons (Fsp3) is 0.923. The van der Waals surface area contributed by atoms with Gasteiger partial charge < -0.3 is 9.84 Å². The summed E-state index contributed by atoms with van der Waals surface area (Å²) in [6.45, 7) is 3.46. The summed E-state index contributed by atoms with van der Waals surface area (Å²) in [5.74, 6) is -0.389. The fourth-order valence-corrected chi connectivity index (χ4v) is 4.55. The predicted molar refractivity (Wildman–Crippen MR) is 73.9 cm³/mol. The van der Waals surface area contributed by atoms with Crippen molar-refractivity contribution in [2.75, 3.05) is 32.1 Å². The molecule has 0 bridgehead atoms. The molecular formula is C13H23NO5S. The highest BCUT2D eigenvalue weighted by Crippen LogP contribution is 2.32. The van der Waals surface area contributed by atoms with E-state index in [2.05, 4.69) is 0 Å². The summed E-state index contributed by atoms with van der Waals surface area (Å²) in [5, 5.41) is 9.15. The topological polar surface area (TPSA) is 83.9 Å². The lowest BCUT2D eigenvalue weighted by molar-refractivity contribution is -0.146. The quantitative estimate of drug-likeness (QED) is 0.817. The van der Waals surface area contributed by atoms with Gasteiger partial charge in [0.25, 0.3) is 0 Å². The second-order valence-electron chi connectivity index (χ2n) is 6.11. The number of aliphatic carboxylic acids is 1. The first kappa shape index (κ1) is 15.7. The van der Waals surface area contributed by atoms with Crippen LogP contribution in [0.3, 0.4) is 0 Å². The van der Waals surface area contributed by atoms with E-state index in [1.54, 1.807) is 6.92 Å². The van der Waals surface area contributed by atoms with Gasteiger partial charge in [0.1, 0.15) is 0 Å². The summed E-state index contributed by atoms with van der Waals surface area (Å²) in [4.78, 5) is 11.2. The third-order valence-electron chi connectivity index (χ3n) is 4.47. The van der Waals surface area contributed by atoms with Crippen LogP contribution in [0.15, 0.2) is 0 Å². The van der Waals surface area contributed by atoms with Gasteiger partial charge in [-0.05, 0) is 38.5 Å². The van der Waals surface area contributed by atoms with Gasteiger partial charge in [-0.15, -0.1) is 0 Å². The van der Waals surface area contributed by atoms with E-state index in [1.165, 1.54) is 4.31 Å². The zero-order chi connectivity index (χ0) is 14.8. The number of carboxylic acid groups (broad SMARTS) is 1. The van der Waals surface area contributed by atoms with Crippen LogP contribution >= 0.6 is 0 Å². The third-order valence-corrected chi connectivity index (χ3v) is 6.32. The lowest BCUT2D eigenvalue weighted by Crippen LogP contribution is -2.36. The van der Waals surface area contributed by atoms with Gasteiger partial charge in [-0.1, -0.05) is 0 Å². The molecule has 2 aliphatic heterocycles. The Hall–Kier alpha value is -0.660. The van der Waals surface area contributed by atoms with Gasteiger partial charge in [0.15, 0.2) is 0 Å². The summed E-state index contributed by atoms with van der Waals surface area (Å²) in [7, 11) is -3.33. The molecule has 1 unspecified atom stereocenters. The summed E-state index contributed by atoms with van der Waals surface area (Å²) in [6, 6.07) is 0. The Morgan fingerprint density at radius 3 is 2.60 bits per heavy atom. The van der Waals surface area contributed by atoms with Crippen LogP contribution in [0, 0.1) is 11.3 Å². The zero-order valence-corrected chi connectivity index (χ0v) is 12.7. The van der Waals surface area contributed by atoms with Crippen LogP contribution in [0.1, 0.15) is 32.6 Å². The molecule has 2 aliphatic rings. The van der Waals surface area contributed by atoms with E-state index < -0.39 is 21.4 Å². The monoisotopic (exact) mass is 305 g/mol. The molecule has 116 valence electrons. The van der Waals surface area contributed by atoms with Gasteiger partial charge in [0, 0.05) is 26.3 Å². The normalized spacial score (nSPS) is 29.6. The molecule has 7 heteroatoms. The standard InChI is InChI=1S/C13H23NO5S/c1-13(12(15)16)5-6-14(10-13)20(17,18)9-4-11-2-7-19-8-3-11/h11H,2-10H2,1H3,(H,15,16). The van der Waals surface area contributed by atoms with Crippen LogP contribution in [0.4, 0.5) is 0 Å². The number of nitrogens with zero attached hydrogens (tertiary/aromatic N) is 1. The molecule has 20 heavy (non-hydrogen) atoms. The van der Waals surface area contributed by atoms with E-state index in [9.17, 15) is 13.2 Å². The Morgan fingerprint density at radius 1 is 1.40 bits per heavy atom. The molecule has 0 spiro atoms. The first-order chi connectivity index (χ1) is 9.33. The average molecular weight is 305 g/mol. The van der Waals surface area contributed by atoms with Crippen LogP contribution in [0.2, 0.25) is 0 Å². The summed E-state index contributed by atoms with van der Waals surface area (Å²) >= 11 is 0. The maximum atomic E-state index is 12.3. The number of hydrogen-bond acceptors (Lipinski definition) is 4. The second kappa shape index (κ2) is 5.99. The molecule has 0 aromatic carbocycles. The maximum absolute atomic E-state index is 12.3. The molecule has 0 aromatic rings. The van der Waals surface area contributed by atoms with Crippen molar-refractivity contribution >= 4 is 16.0 Å². The number of rotatable bonds is 5. The van der Waals surface area contributed by atoms with Crippen molar-refractivity contribution in [1.82, 2.24) is 4.31 Å². The first-order valence-electron chi connectivity index (χ1n) is 7.12. The van der Waals surface area contributed by atoms with E-state index in [0.29, 0.717) is 38.5 Å². The molecule has 1 atom stereocenters. The molecule has 2 heterocycles. The Morgan fingerprint density at radius 2 is 2.05 bits per heavy atom. The maximum Gasteiger partial charge on any atom is 0.310 e. The van der Waals surface area contributed by atoms with Crippen molar-refractivity contribution in [3.63, 3.8) is 0 Å². The number of sulfonamides is 1. The molecule has 0 aromatic heterocycles. The second-order valence-corrected chi connectivity index (χ2v) is 8.20. The minimum atomic E-state index is -3.33. The van der Waals surface area contributed by atoms with Gasteiger partial charge in [0.2, 0.25) is 10.0 Å². The summed E-state index contributed by atoms with van der Waals surface area (Å²) < 4.78 is 31.2. The molecule has 2 rings (SSSR count). The van der Waals surface area contributed by atoms with Crippen molar-refractivity contribution in [2.24, 2.45) is 11.3 Å². The SMILES string of the molecule is CC1(C(=O)O)CCN(S(=O)(=O)CCC2CCOCC2)C1. The largest absolute Gasteiger partial charge is 0.481 e. The van der Waals surface area contributed by atoms with Gasteiger partial charge in [-0.25, -0.2) is 12.7 Å². The van der Waals surface area contributed by atoms with Crippen molar-refractivity contribution in [3.8, 4) is 0 Å². The molecule has 6 nitrogen and oxygen atoms in total. The predicted octanol–water partition coefficient (Wildman–Crippen LogP) is 0.929. The van der Waals surface area contributed by atoms with Crippen molar-refractivity contribution in [3.05, 3.63) is 0 Å². The molecule has 0 amide bonds. The van der Waals surface area contributed by atoms with Gasteiger partial charge in [-0.3, -0.25) is 4.79 Å². The number of carbonyl (C=O) groups is 1. The molecule has 1 N–H and O–H groups in total. The van der Waals surface area contributed by atoms with Gasteiger partial charge >= 0.3 is 5.97 Å². The third kappa shape index (κ3) is 3.51. The highest BCUT2D eigenvalue weighted by atomic mass is 32.2. The van der Waals surface area contributed by atoms with Crippen molar-refractivity contribution < 1.29 is 23.1 Å². The van der Waals surface area contributed by atoms with Crippen LogP contribution in [0.25, 0.3) is 0 Å². The Bertz CT molecular complexity index is 457. The van der Waals surface area contributed by atoms with Crippen molar-refractivity contribution in [2.45, 2.75) is 32.6 Å². The van der Waals surface area contributed by atoms with E-state index >= 15 is 0 Å². The number of ether oxygens (including phenoxy) is 1. The first-order valence-corrected chi connectivity index (χ1v) is 8.73. The number of carboxylic acids is 1. The highest BCUT2D eigenvalue weighted by Gasteiger charge is 2.44. The average Bonchev–Trinajstić information content (AvgIpc) is 2.83. The number of hydrogen-bond donors (Lipinski definition) is 1. The van der Waals surface area contributed by atoms with Crippen molar-refractivity contribution in [1.29, 1.82) is 0 Å². The fourth-order valence-electron chi connectivity index (χ4n) is 2.81. The van der Waals surface area contributed by atoms with Crippen LogP contribution in [-0.2, 0) is 19.6 Å². The van der Waals surface area contributed by atoms with Gasteiger partial charge in [0.05, 0.1) is 11.2 Å². The van der Waals surface area contributed by atoms with E-state index in [-0.39, 0.29) is 12.3 Å². The van der Waals surface area contributed by atoms with Gasteiger partial charge in [-0.2, -0.15) is 0 Å². The highest BCUT2D eigenvalue weighted by molar-refractivity contribution is 7.89. The lowest BCUT2D eigenvalue weighted by Gasteiger charge is -2.24. The van der Waals surface area contributed by atoms with Crippen LogP contribution < -0.4 is 0 Å². The van der Waals surface area contributed by atoms with Crippen LogP contribution in [0.5, 0.6) is 0 Å². The summed E-state index contributed by atoms with van der Waals surface area (Å²) in [5.41, 5.74) is -0.939. The van der Waals surface area contributed by atoms with E-state index in [0.717, 1.165) is 12.8 Å². The minimum Gasteiger partial charge on any atom is -0.481 e. The van der Waals surface area contributed by atoms with E-state index in [1.807, 2.05) is 0 Å². The summed E-state index contributed by atoms with van der Waals surface area (Å²) in [6.07, 6.45) is 2.87. The minimum absolute atomic E-state index is 0.0957. The van der Waals surface area contributed by atoms with E-state index in [4.69, 9.17) is 9.84 Å². The molecule has 0 saturated carbocycles. The molecule has 2 fully saturated rings. The van der Waals surface area contributed by atoms with Crippen LogP contribution in [-0.4, -0.2) is 55.9 Å². The smallest absolute Gasteiger partial charge is 0.310 e. The lowest BCUT2D eigenvalue weighted by atomic mass is 9.90.